The molecule has 5 rings (SSSR count). The van der Waals surface area contributed by atoms with Crippen LogP contribution in [0.5, 0.6) is 5.75 Å². The molecule has 1 saturated carbocycles. The molecule has 1 unspecified atom stereocenters. The van der Waals surface area contributed by atoms with Crippen LogP contribution >= 0.6 is 23.2 Å². The number of pyridine rings is 1. The monoisotopic (exact) mass is 477 g/mol. The molecule has 9 heteroatoms. The lowest BCUT2D eigenvalue weighted by molar-refractivity contribution is 0.227. The number of nitrogens with zero attached hydrogens (tertiary/aromatic N) is 3. The molecular formula is C23H26Cl2FN5O. The number of hydrogen-bond acceptors (Lipinski definition) is 5. The highest BCUT2D eigenvalue weighted by Gasteiger charge is 2.44. The van der Waals surface area contributed by atoms with Crippen LogP contribution in [0.25, 0.3) is 11.1 Å². The predicted molar refractivity (Wildman–Crippen MR) is 125 cm³/mol. The van der Waals surface area contributed by atoms with Crippen molar-refractivity contribution in [2.75, 3.05) is 18.8 Å². The molecule has 3 heterocycles. The molecule has 1 saturated heterocycles. The fraction of sp³-hybridized carbons (Fsp3) is 0.391. The number of nitrogens with two attached hydrogens (primary N) is 1. The molecule has 1 aliphatic carbocycles. The zero-order chi connectivity index (χ0) is 22.9. The van der Waals surface area contributed by atoms with Crippen LogP contribution in [0.1, 0.15) is 37.9 Å². The molecule has 0 amide bonds. The minimum atomic E-state index is -0.621. The summed E-state index contributed by atoms with van der Waals surface area (Å²) in [7, 11) is 1.82. The lowest BCUT2D eigenvalue weighted by Gasteiger charge is -2.19. The molecule has 2 aromatic heterocycles. The van der Waals surface area contributed by atoms with Gasteiger partial charge in [0.15, 0.2) is 11.6 Å². The maximum absolute atomic E-state index is 13.7. The zero-order valence-corrected chi connectivity index (χ0v) is 19.5. The van der Waals surface area contributed by atoms with Crippen molar-refractivity contribution in [3.8, 4) is 16.9 Å². The maximum Gasteiger partial charge on any atom is 0.166 e. The first-order valence-corrected chi connectivity index (χ1v) is 11.3. The van der Waals surface area contributed by atoms with Gasteiger partial charge in [-0.3, -0.25) is 4.68 Å². The molecule has 3 N–H and O–H groups in total. The standard InChI is InChI=1S/C17H15Cl2FN4O.C6H11N/c1-9(15-12(18)3-4-13(20)16(15)19)25-14-5-10(6-22-17(14)21)11-7-23-24(2)8-11;1-2-6(1)3-4-7-5-6/h3-9H,1-2H3,(H2,21,22);7H,1-5H2. The second-order valence-electron chi connectivity index (χ2n) is 8.45. The SMILES string of the molecule is C1CC2(CC2)CN1.CC(Oc1cc(-c2cnn(C)c2)cnc1N)c1c(Cl)ccc(F)c1Cl. The molecule has 1 aromatic carbocycles. The molecule has 2 aliphatic rings. The van der Waals surface area contributed by atoms with Gasteiger partial charge in [-0.2, -0.15) is 5.10 Å². The van der Waals surface area contributed by atoms with E-state index < -0.39 is 11.9 Å². The van der Waals surface area contributed by atoms with Crippen LogP contribution in [0.15, 0.2) is 36.8 Å². The van der Waals surface area contributed by atoms with E-state index in [1.165, 1.54) is 44.5 Å². The number of ether oxygens (including phenoxy) is 1. The number of nitrogen functional groups attached to an aromatic ring is 1. The highest BCUT2D eigenvalue weighted by molar-refractivity contribution is 6.36. The Balaban J connectivity index is 0.000000292. The Labute approximate surface area is 196 Å². The first-order chi connectivity index (χ1) is 15.3. The zero-order valence-electron chi connectivity index (χ0n) is 18.0. The Kier molecular flexibility index (Phi) is 6.60. The lowest BCUT2D eigenvalue weighted by Crippen LogP contribution is -2.08. The van der Waals surface area contributed by atoms with Crippen molar-refractivity contribution in [3.63, 3.8) is 0 Å². The summed E-state index contributed by atoms with van der Waals surface area (Å²) < 4.78 is 21.3. The average Bonchev–Trinajstić information content (AvgIpc) is 3.13. The van der Waals surface area contributed by atoms with E-state index in [4.69, 9.17) is 33.7 Å². The number of aryl methyl sites for hydroxylation is 1. The van der Waals surface area contributed by atoms with Gasteiger partial charge in [0.25, 0.3) is 0 Å². The molecule has 3 aromatic rings. The van der Waals surface area contributed by atoms with Gasteiger partial charge in [0.1, 0.15) is 11.9 Å². The van der Waals surface area contributed by atoms with Crippen LogP contribution in [0.2, 0.25) is 10.0 Å². The van der Waals surface area contributed by atoms with Gasteiger partial charge in [-0.25, -0.2) is 9.37 Å². The molecule has 2 fully saturated rings. The van der Waals surface area contributed by atoms with Gasteiger partial charge in [-0.1, -0.05) is 23.2 Å². The van der Waals surface area contributed by atoms with Crippen LogP contribution in [0, 0.1) is 11.2 Å². The van der Waals surface area contributed by atoms with Gasteiger partial charge in [0.05, 0.1) is 11.2 Å². The van der Waals surface area contributed by atoms with Gasteiger partial charge in [-0.15, -0.1) is 0 Å². The lowest BCUT2D eigenvalue weighted by atomic mass is 10.1. The highest BCUT2D eigenvalue weighted by Crippen LogP contribution is 2.49. The third-order valence-corrected chi connectivity index (χ3v) is 6.71. The second-order valence-corrected chi connectivity index (χ2v) is 9.24. The van der Waals surface area contributed by atoms with Crippen molar-refractivity contribution in [1.29, 1.82) is 0 Å². The summed E-state index contributed by atoms with van der Waals surface area (Å²) in [6.45, 7) is 4.30. The van der Waals surface area contributed by atoms with Crippen molar-refractivity contribution >= 4 is 29.0 Å². The van der Waals surface area contributed by atoms with E-state index in [-0.39, 0.29) is 10.8 Å². The van der Waals surface area contributed by atoms with E-state index in [0.717, 1.165) is 16.5 Å². The smallest absolute Gasteiger partial charge is 0.166 e. The Hall–Kier alpha value is -2.35. The van der Waals surface area contributed by atoms with E-state index in [1.54, 1.807) is 30.1 Å². The van der Waals surface area contributed by atoms with Crippen molar-refractivity contribution in [1.82, 2.24) is 20.1 Å². The van der Waals surface area contributed by atoms with Crippen LogP contribution in [-0.2, 0) is 7.05 Å². The molecule has 170 valence electrons. The molecule has 6 nitrogen and oxygen atoms in total. The molecule has 1 atom stereocenters. The van der Waals surface area contributed by atoms with Gasteiger partial charge < -0.3 is 15.8 Å². The summed E-state index contributed by atoms with van der Waals surface area (Å²) in [5, 5.41) is 7.74. The van der Waals surface area contributed by atoms with E-state index >= 15 is 0 Å². The summed E-state index contributed by atoms with van der Waals surface area (Å²) in [6, 6.07) is 4.39. The van der Waals surface area contributed by atoms with Gasteiger partial charge in [0.2, 0.25) is 0 Å². The fourth-order valence-electron chi connectivity index (χ4n) is 3.84. The number of nitrogens with one attached hydrogen (secondary N) is 1. The topological polar surface area (TPSA) is 78.0 Å². The Bertz CT molecular complexity index is 1110. The highest BCUT2D eigenvalue weighted by atomic mass is 35.5. The molecule has 0 bridgehead atoms. The molecular weight excluding hydrogens is 452 g/mol. The molecule has 32 heavy (non-hydrogen) atoms. The molecule has 0 radical (unpaired) electrons. The van der Waals surface area contributed by atoms with E-state index in [2.05, 4.69) is 15.4 Å². The summed E-state index contributed by atoms with van der Waals surface area (Å²) in [6.07, 6.45) is 9.02. The number of aromatic nitrogens is 3. The second kappa shape index (κ2) is 9.25. The van der Waals surface area contributed by atoms with Crippen molar-refractivity contribution in [2.45, 2.75) is 32.3 Å². The minimum Gasteiger partial charge on any atom is -0.482 e. The number of rotatable bonds is 4. The first kappa shape index (κ1) is 22.8. The summed E-state index contributed by atoms with van der Waals surface area (Å²) in [4.78, 5) is 4.15. The largest absolute Gasteiger partial charge is 0.482 e. The van der Waals surface area contributed by atoms with Gasteiger partial charge in [0, 0.05) is 47.7 Å². The van der Waals surface area contributed by atoms with Crippen LogP contribution in [0.4, 0.5) is 10.2 Å². The fourth-order valence-corrected chi connectivity index (χ4v) is 4.52. The number of hydrogen-bond donors (Lipinski definition) is 2. The average molecular weight is 478 g/mol. The number of benzene rings is 1. The summed E-state index contributed by atoms with van der Waals surface area (Å²) in [5.74, 6) is 0.000102. The molecule has 1 spiro atoms. The van der Waals surface area contributed by atoms with Crippen LogP contribution in [-0.4, -0.2) is 27.9 Å². The van der Waals surface area contributed by atoms with E-state index in [9.17, 15) is 4.39 Å². The normalized spacial score (nSPS) is 17.0. The van der Waals surface area contributed by atoms with Gasteiger partial charge >= 0.3 is 0 Å². The Morgan fingerprint density at radius 1 is 1.22 bits per heavy atom. The predicted octanol–water partition coefficient (Wildman–Crippen LogP) is 5.41. The molecule has 1 aliphatic heterocycles. The van der Waals surface area contributed by atoms with Gasteiger partial charge in [-0.05, 0) is 56.3 Å². The quantitative estimate of drug-likeness (QED) is 0.491. The van der Waals surface area contributed by atoms with Crippen molar-refractivity contribution in [2.24, 2.45) is 12.5 Å². The Morgan fingerprint density at radius 2 is 2.00 bits per heavy atom. The third-order valence-electron chi connectivity index (χ3n) is 6.00. The van der Waals surface area contributed by atoms with Crippen molar-refractivity contribution < 1.29 is 9.13 Å². The van der Waals surface area contributed by atoms with Crippen LogP contribution < -0.4 is 15.8 Å². The number of anilines is 1. The summed E-state index contributed by atoms with van der Waals surface area (Å²) in [5.41, 5.74) is 8.76. The van der Waals surface area contributed by atoms with Crippen molar-refractivity contribution in [3.05, 3.63) is 58.2 Å². The number of halogens is 3. The third kappa shape index (κ3) is 5.00. The summed E-state index contributed by atoms with van der Waals surface area (Å²) >= 11 is 12.2. The minimum absolute atomic E-state index is 0.0741. The van der Waals surface area contributed by atoms with E-state index in [0.29, 0.717) is 16.3 Å². The van der Waals surface area contributed by atoms with Crippen LogP contribution in [0.3, 0.4) is 0 Å². The van der Waals surface area contributed by atoms with E-state index in [1.807, 2.05) is 13.2 Å². The first-order valence-electron chi connectivity index (χ1n) is 10.5. The Morgan fingerprint density at radius 3 is 2.59 bits per heavy atom. The maximum atomic E-state index is 13.7.